The largest absolute Gasteiger partial charge is 0.321 e. The van der Waals surface area contributed by atoms with E-state index in [2.05, 4.69) is 15.9 Å². The summed E-state index contributed by atoms with van der Waals surface area (Å²) in [4.78, 5) is 0. The van der Waals surface area contributed by atoms with E-state index in [9.17, 15) is 4.39 Å². The lowest BCUT2D eigenvalue weighted by molar-refractivity contribution is 0.489. The third-order valence-electron chi connectivity index (χ3n) is 3.07. The van der Waals surface area contributed by atoms with Gasteiger partial charge in [-0.25, -0.2) is 4.39 Å². The maximum atomic E-state index is 13.4. The van der Waals surface area contributed by atoms with E-state index in [1.165, 1.54) is 6.07 Å². The van der Waals surface area contributed by atoms with Crippen LogP contribution in [0.2, 0.25) is 5.02 Å². The average Bonchev–Trinajstić information content (AvgIpc) is 2.35. The fourth-order valence-corrected chi connectivity index (χ4v) is 2.62. The standard InChI is InChI=1S/C15H14BrClFN/c1-15(19,11-5-3-6-12(16)8-11)9-10-4-2-7-13(18)14(10)17/h2-8H,9,19H2,1H3. The van der Waals surface area contributed by atoms with E-state index in [1.54, 1.807) is 12.1 Å². The molecule has 0 saturated heterocycles. The van der Waals surface area contributed by atoms with Gasteiger partial charge in [-0.3, -0.25) is 0 Å². The molecule has 19 heavy (non-hydrogen) atoms. The number of hydrogen-bond acceptors (Lipinski definition) is 1. The van der Waals surface area contributed by atoms with Crippen LogP contribution in [-0.2, 0) is 12.0 Å². The van der Waals surface area contributed by atoms with Gasteiger partial charge < -0.3 is 5.73 Å². The summed E-state index contributed by atoms with van der Waals surface area (Å²) in [5.41, 5.74) is 7.43. The molecule has 2 N–H and O–H groups in total. The lowest BCUT2D eigenvalue weighted by Gasteiger charge is -2.26. The molecule has 0 radical (unpaired) electrons. The monoisotopic (exact) mass is 341 g/mol. The van der Waals surface area contributed by atoms with Crippen LogP contribution in [0.4, 0.5) is 4.39 Å². The lowest BCUT2D eigenvalue weighted by atomic mass is 9.86. The van der Waals surface area contributed by atoms with Crippen LogP contribution < -0.4 is 5.73 Å². The predicted octanol–water partition coefficient (Wildman–Crippen LogP) is 4.66. The molecule has 2 rings (SSSR count). The topological polar surface area (TPSA) is 26.0 Å². The molecule has 0 spiro atoms. The minimum absolute atomic E-state index is 0.147. The van der Waals surface area contributed by atoms with Gasteiger partial charge in [-0.15, -0.1) is 0 Å². The first kappa shape index (κ1) is 14.5. The molecular weight excluding hydrogens is 329 g/mol. The Labute approximate surface area is 125 Å². The first-order valence-electron chi connectivity index (χ1n) is 5.88. The molecule has 1 nitrogen and oxygen atoms in total. The van der Waals surface area contributed by atoms with Gasteiger partial charge in [0.25, 0.3) is 0 Å². The number of rotatable bonds is 3. The highest BCUT2D eigenvalue weighted by atomic mass is 79.9. The maximum Gasteiger partial charge on any atom is 0.142 e. The highest BCUT2D eigenvalue weighted by Crippen LogP contribution is 2.29. The van der Waals surface area contributed by atoms with Gasteiger partial charge in [0.2, 0.25) is 0 Å². The summed E-state index contributed by atoms with van der Waals surface area (Å²) < 4.78 is 14.4. The summed E-state index contributed by atoms with van der Waals surface area (Å²) in [7, 11) is 0. The number of hydrogen-bond donors (Lipinski definition) is 1. The second kappa shape index (κ2) is 5.61. The van der Waals surface area contributed by atoms with Crippen molar-refractivity contribution in [1.29, 1.82) is 0 Å². The van der Waals surface area contributed by atoms with Crippen molar-refractivity contribution in [3.63, 3.8) is 0 Å². The van der Waals surface area contributed by atoms with Gasteiger partial charge in [0.15, 0.2) is 0 Å². The molecule has 0 amide bonds. The van der Waals surface area contributed by atoms with Crippen LogP contribution in [0.25, 0.3) is 0 Å². The van der Waals surface area contributed by atoms with Crippen LogP contribution in [-0.4, -0.2) is 0 Å². The predicted molar refractivity (Wildman–Crippen MR) is 80.8 cm³/mol. The summed E-state index contributed by atoms with van der Waals surface area (Å²) in [5, 5.41) is 0.147. The Morgan fingerprint density at radius 3 is 2.63 bits per heavy atom. The third-order valence-corrected chi connectivity index (χ3v) is 3.99. The number of benzene rings is 2. The van der Waals surface area contributed by atoms with E-state index in [-0.39, 0.29) is 5.02 Å². The second-order valence-electron chi connectivity index (χ2n) is 4.82. The van der Waals surface area contributed by atoms with Crippen LogP contribution in [0.15, 0.2) is 46.9 Å². The normalized spacial score (nSPS) is 14.2. The fraction of sp³-hybridized carbons (Fsp3) is 0.200. The second-order valence-corrected chi connectivity index (χ2v) is 6.11. The van der Waals surface area contributed by atoms with Gasteiger partial charge in [0.05, 0.1) is 5.02 Å². The van der Waals surface area contributed by atoms with Crippen molar-refractivity contribution in [2.24, 2.45) is 5.73 Å². The molecule has 4 heteroatoms. The van der Waals surface area contributed by atoms with Gasteiger partial charge >= 0.3 is 0 Å². The van der Waals surface area contributed by atoms with Gasteiger partial charge in [0.1, 0.15) is 5.82 Å². The first-order chi connectivity index (χ1) is 8.90. The minimum Gasteiger partial charge on any atom is -0.321 e. The Balaban J connectivity index is 2.33. The van der Waals surface area contributed by atoms with E-state index >= 15 is 0 Å². The third kappa shape index (κ3) is 3.35. The SMILES string of the molecule is CC(N)(Cc1cccc(F)c1Cl)c1cccc(Br)c1. The molecule has 0 fully saturated rings. The number of halogens is 3. The van der Waals surface area contributed by atoms with Crippen molar-refractivity contribution in [3.05, 3.63) is 68.9 Å². The molecule has 2 aromatic rings. The van der Waals surface area contributed by atoms with Crippen molar-refractivity contribution in [2.45, 2.75) is 18.9 Å². The van der Waals surface area contributed by atoms with E-state index in [4.69, 9.17) is 17.3 Å². The Morgan fingerprint density at radius 1 is 1.26 bits per heavy atom. The van der Waals surface area contributed by atoms with Gasteiger partial charge in [0, 0.05) is 10.0 Å². The van der Waals surface area contributed by atoms with Crippen LogP contribution in [0.3, 0.4) is 0 Å². The molecule has 0 heterocycles. The van der Waals surface area contributed by atoms with Crippen molar-refractivity contribution < 1.29 is 4.39 Å². The van der Waals surface area contributed by atoms with Gasteiger partial charge in [-0.1, -0.05) is 51.8 Å². The molecule has 100 valence electrons. The van der Waals surface area contributed by atoms with E-state index in [1.807, 2.05) is 31.2 Å². The molecule has 1 unspecified atom stereocenters. The summed E-state index contributed by atoms with van der Waals surface area (Å²) in [6.45, 7) is 1.91. The highest BCUT2D eigenvalue weighted by Gasteiger charge is 2.23. The van der Waals surface area contributed by atoms with Crippen molar-refractivity contribution in [2.75, 3.05) is 0 Å². The van der Waals surface area contributed by atoms with Crippen LogP contribution in [0.5, 0.6) is 0 Å². The Morgan fingerprint density at radius 2 is 1.95 bits per heavy atom. The Hall–Kier alpha value is -0.900. The lowest BCUT2D eigenvalue weighted by Crippen LogP contribution is -2.35. The molecule has 0 saturated carbocycles. The first-order valence-corrected chi connectivity index (χ1v) is 7.05. The Kier molecular flexibility index (Phi) is 4.29. The molecule has 0 aromatic heterocycles. The molecule has 0 bridgehead atoms. The van der Waals surface area contributed by atoms with E-state index in [0.29, 0.717) is 12.0 Å². The van der Waals surface area contributed by atoms with E-state index < -0.39 is 11.4 Å². The molecule has 2 aromatic carbocycles. The summed E-state index contributed by atoms with van der Waals surface area (Å²) >= 11 is 9.40. The molecule has 0 aliphatic heterocycles. The fourth-order valence-electron chi connectivity index (χ4n) is 2.03. The Bertz CT molecular complexity index is 598. The van der Waals surface area contributed by atoms with Gasteiger partial charge in [-0.2, -0.15) is 0 Å². The molecule has 0 aliphatic carbocycles. The zero-order valence-corrected chi connectivity index (χ0v) is 12.8. The van der Waals surface area contributed by atoms with Gasteiger partial charge in [-0.05, 0) is 42.7 Å². The summed E-state index contributed by atoms with van der Waals surface area (Å²) in [6, 6.07) is 12.6. The minimum atomic E-state index is -0.610. The molecule has 0 aliphatic rings. The maximum absolute atomic E-state index is 13.4. The summed E-state index contributed by atoms with van der Waals surface area (Å²) in [5.74, 6) is -0.413. The summed E-state index contributed by atoms with van der Waals surface area (Å²) in [6.07, 6.45) is 0.472. The van der Waals surface area contributed by atoms with Crippen molar-refractivity contribution in [1.82, 2.24) is 0 Å². The smallest absolute Gasteiger partial charge is 0.142 e. The van der Waals surface area contributed by atoms with Crippen LogP contribution in [0, 0.1) is 5.82 Å². The van der Waals surface area contributed by atoms with Crippen molar-refractivity contribution >= 4 is 27.5 Å². The quantitative estimate of drug-likeness (QED) is 0.862. The zero-order valence-electron chi connectivity index (χ0n) is 10.5. The average molecular weight is 343 g/mol. The van der Waals surface area contributed by atoms with Crippen molar-refractivity contribution in [3.8, 4) is 0 Å². The van der Waals surface area contributed by atoms with Crippen LogP contribution >= 0.6 is 27.5 Å². The highest BCUT2D eigenvalue weighted by molar-refractivity contribution is 9.10. The zero-order chi connectivity index (χ0) is 14.0. The number of nitrogens with two attached hydrogens (primary N) is 1. The van der Waals surface area contributed by atoms with E-state index in [0.717, 1.165) is 10.0 Å². The van der Waals surface area contributed by atoms with Crippen LogP contribution in [0.1, 0.15) is 18.1 Å². The molecule has 1 atom stereocenters. The molecular formula is C15H14BrClFN.